The van der Waals surface area contributed by atoms with Gasteiger partial charge in [0.1, 0.15) is 0 Å². The molecule has 0 saturated carbocycles. The number of nitrogens with two attached hydrogens (primary N) is 2. The summed E-state index contributed by atoms with van der Waals surface area (Å²) in [7, 11) is 4.13. The lowest BCUT2D eigenvalue weighted by Gasteiger charge is -2.36. The van der Waals surface area contributed by atoms with Crippen LogP contribution in [0.3, 0.4) is 0 Å². The van der Waals surface area contributed by atoms with Crippen LogP contribution >= 0.6 is 11.6 Å². The third kappa shape index (κ3) is 5.85. The maximum Gasteiger partial charge on any atom is 0.225 e. The van der Waals surface area contributed by atoms with E-state index in [-0.39, 0.29) is 5.16 Å². The summed E-state index contributed by atoms with van der Waals surface area (Å²) in [6, 6.07) is 8.49. The highest BCUT2D eigenvalue weighted by Gasteiger charge is 2.19. The zero-order chi connectivity index (χ0) is 20.8. The van der Waals surface area contributed by atoms with Gasteiger partial charge in [-0.1, -0.05) is 29.8 Å². The Balaban J connectivity index is 1.63. The first kappa shape index (κ1) is 21.0. The van der Waals surface area contributed by atoms with E-state index < -0.39 is 0 Å². The van der Waals surface area contributed by atoms with E-state index in [0.717, 1.165) is 49.8 Å². The van der Waals surface area contributed by atoms with Gasteiger partial charge in [0.05, 0.1) is 11.0 Å². The van der Waals surface area contributed by atoms with Crippen LogP contribution in [-0.2, 0) is 6.54 Å². The van der Waals surface area contributed by atoms with Crippen molar-refractivity contribution < 1.29 is 0 Å². The van der Waals surface area contributed by atoms with Gasteiger partial charge in [-0.25, -0.2) is 9.97 Å². The van der Waals surface area contributed by atoms with Crippen molar-refractivity contribution in [2.24, 2.45) is 11.5 Å². The van der Waals surface area contributed by atoms with Crippen LogP contribution in [0.2, 0.25) is 0 Å². The molecular weight excluding hydrogens is 386 g/mol. The Morgan fingerprint density at radius 1 is 1.07 bits per heavy atom. The minimum atomic E-state index is 0.215. The number of aromatic nitrogens is 2. The highest BCUT2D eigenvalue weighted by Crippen LogP contribution is 2.21. The number of halogens is 1. The molecule has 0 amide bonds. The van der Waals surface area contributed by atoms with Gasteiger partial charge in [-0.2, -0.15) is 0 Å². The third-order valence-corrected chi connectivity index (χ3v) is 4.86. The predicted molar refractivity (Wildman–Crippen MR) is 119 cm³/mol. The van der Waals surface area contributed by atoms with Crippen LogP contribution in [0, 0.1) is 0 Å². The minimum absolute atomic E-state index is 0.215. The topological polar surface area (TPSA) is 87.5 Å². The highest BCUT2D eigenvalue weighted by atomic mass is 35.5. The number of piperazine rings is 1. The van der Waals surface area contributed by atoms with Crippen LogP contribution in [0.5, 0.6) is 0 Å². The van der Waals surface area contributed by atoms with Crippen molar-refractivity contribution in [1.82, 2.24) is 19.8 Å². The molecule has 0 unspecified atom stereocenters. The molecule has 1 aliphatic rings. The van der Waals surface area contributed by atoms with Crippen molar-refractivity contribution in [2.75, 3.05) is 45.2 Å². The van der Waals surface area contributed by atoms with E-state index in [1.54, 1.807) is 12.2 Å². The largest absolute Gasteiger partial charge is 0.389 e. The van der Waals surface area contributed by atoms with Gasteiger partial charge in [0, 0.05) is 50.7 Å². The molecular formula is C21H28ClN7. The van der Waals surface area contributed by atoms with Gasteiger partial charge in [0.25, 0.3) is 0 Å². The molecule has 2 aromatic rings. The zero-order valence-corrected chi connectivity index (χ0v) is 17.7. The fourth-order valence-electron chi connectivity index (χ4n) is 3.28. The van der Waals surface area contributed by atoms with Gasteiger partial charge < -0.3 is 26.2 Å². The SMILES string of the molecule is CN(C)Cc1cccc(-c2cnc(N3CCN(/C(N)=C/C=C(\N)Cl)CC3)nc2)c1. The van der Waals surface area contributed by atoms with E-state index in [4.69, 9.17) is 23.1 Å². The fraction of sp³-hybridized carbons (Fsp3) is 0.333. The van der Waals surface area contributed by atoms with Crippen molar-refractivity contribution in [2.45, 2.75) is 6.54 Å². The zero-order valence-electron chi connectivity index (χ0n) is 16.9. The molecule has 4 N–H and O–H groups in total. The summed E-state index contributed by atoms with van der Waals surface area (Å²) in [4.78, 5) is 15.6. The van der Waals surface area contributed by atoms with Crippen LogP contribution in [0.4, 0.5) is 5.95 Å². The Morgan fingerprint density at radius 2 is 1.76 bits per heavy atom. The van der Waals surface area contributed by atoms with Gasteiger partial charge in [0.2, 0.25) is 5.95 Å². The van der Waals surface area contributed by atoms with E-state index in [9.17, 15) is 0 Å². The molecule has 0 spiro atoms. The van der Waals surface area contributed by atoms with Crippen molar-refractivity contribution in [3.05, 3.63) is 65.4 Å². The van der Waals surface area contributed by atoms with E-state index in [2.05, 4.69) is 63.0 Å². The second-order valence-electron chi connectivity index (χ2n) is 7.33. The summed E-state index contributed by atoms with van der Waals surface area (Å²) in [5.74, 6) is 1.40. The quantitative estimate of drug-likeness (QED) is 0.554. The molecule has 0 bridgehead atoms. The van der Waals surface area contributed by atoms with Crippen molar-refractivity contribution in [1.29, 1.82) is 0 Å². The van der Waals surface area contributed by atoms with Crippen LogP contribution in [0.1, 0.15) is 5.56 Å². The Morgan fingerprint density at radius 3 is 2.38 bits per heavy atom. The van der Waals surface area contributed by atoms with Crippen molar-refractivity contribution in [3.8, 4) is 11.1 Å². The Kier molecular flexibility index (Phi) is 6.95. The van der Waals surface area contributed by atoms with E-state index in [1.807, 2.05) is 12.4 Å². The number of allylic oxidation sites excluding steroid dienone is 2. The monoisotopic (exact) mass is 413 g/mol. The van der Waals surface area contributed by atoms with E-state index >= 15 is 0 Å². The Bertz CT molecular complexity index is 865. The first-order valence-corrected chi connectivity index (χ1v) is 9.94. The lowest BCUT2D eigenvalue weighted by molar-refractivity contribution is 0.316. The van der Waals surface area contributed by atoms with Crippen LogP contribution in [0.25, 0.3) is 11.1 Å². The van der Waals surface area contributed by atoms with Gasteiger partial charge in [-0.15, -0.1) is 0 Å². The first-order chi connectivity index (χ1) is 13.9. The summed E-state index contributed by atoms with van der Waals surface area (Å²) in [5, 5.41) is 0.215. The number of hydrogen-bond acceptors (Lipinski definition) is 7. The first-order valence-electron chi connectivity index (χ1n) is 9.57. The molecule has 0 aliphatic carbocycles. The van der Waals surface area contributed by atoms with Crippen molar-refractivity contribution >= 4 is 17.5 Å². The molecule has 0 radical (unpaired) electrons. The number of nitrogens with zero attached hydrogens (tertiary/aromatic N) is 5. The molecule has 2 heterocycles. The smallest absolute Gasteiger partial charge is 0.225 e. The van der Waals surface area contributed by atoms with Crippen molar-refractivity contribution in [3.63, 3.8) is 0 Å². The van der Waals surface area contributed by atoms with E-state index in [0.29, 0.717) is 5.82 Å². The van der Waals surface area contributed by atoms with Crippen LogP contribution in [0.15, 0.2) is 59.8 Å². The average molecular weight is 414 g/mol. The Hall–Kier alpha value is -2.77. The molecule has 7 nitrogen and oxygen atoms in total. The molecule has 8 heteroatoms. The molecule has 0 atom stereocenters. The van der Waals surface area contributed by atoms with Crippen LogP contribution in [-0.4, -0.2) is 60.0 Å². The average Bonchev–Trinajstić information content (AvgIpc) is 2.72. The lowest BCUT2D eigenvalue weighted by atomic mass is 10.1. The molecule has 154 valence electrons. The summed E-state index contributed by atoms with van der Waals surface area (Å²) in [6.07, 6.45) is 7.11. The normalized spacial score (nSPS) is 15.9. The number of rotatable bonds is 6. The van der Waals surface area contributed by atoms with E-state index in [1.165, 1.54) is 5.56 Å². The number of hydrogen-bond donors (Lipinski definition) is 2. The molecule has 1 aliphatic heterocycles. The standard InChI is InChI=1S/C21H28ClN7/c1-27(2)15-16-4-3-5-17(12-16)18-13-25-21(26-14-18)29-10-8-28(9-11-29)20(24)7-6-19(22)23/h3-7,12-14H,8-11,15,23-24H2,1-2H3/b19-6-,20-7+. The van der Waals surface area contributed by atoms with Crippen LogP contribution < -0.4 is 16.4 Å². The summed E-state index contributed by atoms with van der Waals surface area (Å²) >= 11 is 5.65. The number of anilines is 1. The fourth-order valence-corrected chi connectivity index (χ4v) is 3.35. The summed E-state index contributed by atoms with van der Waals surface area (Å²) < 4.78 is 0. The molecule has 3 rings (SSSR count). The van der Waals surface area contributed by atoms with Gasteiger partial charge in [0.15, 0.2) is 0 Å². The lowest BCUT2D eigenvalue weighted by Crippen LogP contribution is -2.47. The Labute approximate surface area is 177 Å². The maximum absolute atomic E-state index is 6.08. The third-order valence-electron chi connectivity index (χ3n) is 4.74. The van der Waals surface area contributed by atoms with Gasteiger partial charge in [-0.3, -0.25) is 0 Å². The molecule has 1 fully saturated rings. The molecule has 1 aromatic carbocycles. The maximum atomic E-state index is 6.08. The predicted octanol–water partition coefficient (Wildman–Crippen LogP) is 2.17. The van der Waals surface area contributed by atoms with Gasteiger partial charge >= 0.3 is 0 Å². The molecule has 1 aromatic heterocycles. The van der Waals surface area contributed by atoms with Gasteiger partial charge in [-0.05, 0) is 43.4 Å². The minimum Gasteiger partial charge on any atom is -0.389 e. The molecule has 1 saturated heterocycles. The second-order valence-corrected chi connectivity index (χ2v) is 7.76. The number of benzene rings is 1. The summed E-state index contributed by atoms with van der Waals surface area (Å²) in [6.45, 7) is 4.08. The molecule has 29 heavy (non-hydrogen) atoms. The summed E-state index contributed by atoms with van der Waals surface area (Å²) in [5.41, 5.74) is 14.9. The second kappa shape index (κ2) is 9.62. The highest BCUT2D eigenvalue weighted by molar-refractivity contribution is 6.29.